The van der Waals surface area contributed by atoms with Crippen molar-refractivity contribution in [3.05, 3.63) is 108 Å². The molecule has 0 fully saturated rings. The Kier molecular flexibility index (Phi) is 6.36. The quantitative estimate of drug-likeness (QED) is 0.287. The highest BCUT2D eigenvalue weighted by molar-refractivity contribution is 5.98. The van der Waals surface area contributed by atoms with Crippen LogP contribution in [0.1, 0.15) is 34.5 Å². The normalized spacial score (nSPS) is 11.9. The number of hydrogen-bond acceptors (Lipinski definition) is 5. The number of fused-ring (bicyclic) bond motifs is 1. The van der Waals surface area contributed by atoms with E-state index in [1.807, 2.05) is 30.3 Å². The van der Waals surface area contributed by atoms with Gasteiger partial charge in [0.15, 0.2) is 17.3 Å². The molecule has 0 saturated heterocycles. The van der Waals surface area contributed by atoms with Crippen molar-refractivity contribution in [1.29, 1.82) is 0 Å². The standard InChI is InChI=1S/C27H22F2N6O/c1-16(19-8-9-23(28)24(29)12-19)34-27(36)22-3-2-10-30-26(22)31-13-17-4-6-18(7-5-17)20-11-21-15-33-35-25(21)32-14-20/h2-12,14-16H,13H2,1H3,(H,30,31)(H,34,36)(H,32,33,35). The molecule has 9 heteroatoms. The number of hydrogen-bond donors (Lipinski definition) is 3. The van der Waals surface area contributed by atoms with E-state index in [2.05, 4.69) is 30.8 Å². The van der Waals surface area contributed by atoms with E-state index < -0.39 is 17.7 Å². The fourth-order valence-electron chi connectivity index (χ4n) is 3.86. The Bertz CT molecular complexity index is 1530. The van der Waals surface area contributed by atoms with E-state index in [0.717, 1.165) is 39.9 Å². The van der Waals surface area contributed by atoms with Crippen molar-refractivity contribution in [2.45, 2.75) is 19.5 Å². The lowest BCUT2D eigenvalue weighted by molar-refractivity contribution is 0.0940. The second-order valence-electron chi connectivity index (χ2n) is 8.35. The van der Waals surface area contributed by atoms with Crippen LogP contribution in [0.5, 0.6) is 0 Å². The van der Waals surface area contributed by atoms with Crippen molar-refractivity contribution < 1.29 is 13.6 Å². The van der Waals surface area contributed by atoms with Crippen LogP contribution >= 0.6 is 0 Å². The molecular formula is C27H22F2N6O. The number of carbonyl (C=O) groups is 1. The van der Waals surface area contributed by atoms with Crippen LogP contribution in [0.4, 0.5) is 14.6 Å². The third kappa shape index (κ3) is 4.90. The Labute approximate surface area is 205 Å². The zero-order valence-corrected chi connectivity index (χ0v) is 19.3. The number of rotatable bonds is 7. The van der Waals surface area contributed by atoms with E-state index in [-0.39, 0.29) is 5.91 Å². The van der Waals surface area contributed by atoms with E-state index in [0.29, 0.717) is 23.5 Å². The van der Waals surface area contributed by atoms with Crippen LogP contribution < -0.4 is 10.6 Å². The Morgan fingerprint density at radius 2 is 1.81 bits per heavy atom. The number of nitrogens with zero attached hydrogens (tertiary/aromatic N) is 3. The van der Waals surface area contributed by atoms with Crippen molar-refractivity contribution in [1.82, 2.24) is 25.5 Å². The van der Waals surface area contributed by atoms with Gasteiger partial charge in [-0.15, -0.1) is 0 Å². The van der Waals surface area contributed by atoms with Crippen LogP contribution in [0.15, 0.2) is 79.3 Å². The summed E-state index contributed by atoms with van der Waals surface area (Å²) in [5, 5.41) is 13.8. The van der Waals surface area contributed by atoms with Crippen molar-refractivity contribution in [3.8, 4) is 11.1 Å². The predicted molar refractivity (Wildman–Crippen MR) is 133 cm³/mol. The minimum absolute atomic E-state index is 0.350. The van der Waals surface area contributed by atoms with Gasteiger partial charge in [0.25, 0.3) is 5.91 Å². The van der Waals surface area contributed by atoms with Gasteiger partial charge >= 0.3 is 0 Å². The smallest absolute Gasteiger partial charge is 0.255 e. The number of amides is 1. The molecule has 3 heterocycles. The molecule has 0 aliphatic heterocycles. The number of pyridine rings is 2. The molecule has 1 unspecified atom stereocenters. The third-order valence-electron chi connectivity index (χ3n) is 5.88. The van der Waals surface area contributed by atoms with Crippen LogP contribution in [0, 0.1) is 11.6 Å². The average Bonchev–Trinajstić information content (AvgIpc) is 3.37. The van der Waals surface area contributed by atoms with Gasteiger partial charge in [-0.05, 0) is 53.9 Å². The van der Waals surface area contributed by atoms with Crippen LogP contribution in [0.2, 0.25) is 0 Å². The monoisotopic (exact) mass is 484 g/mol. The van der Waals surface area contributed by atoms with E-state index in [1.165, 1.54) is 6.07 Å². The molecule has 2 aromatic carbocycles. The second-order valence-corrected chi connectivity index (χ2v) is 8.35. The van der Waals surface area contributed by atoms with E-state index >= 15 is 0 Å². The molecule has 0 spiro atoms. The summed E-state index contributed by atoms with van der Waals surface area (Å²) in [7, 11) is 0. The number of benzene rings is 2. The lowest BCUT2D eigenvalue weighted by atomic mass is 10.0. The molecule has 1 amide bonds. The molecular weight excluding hydrogens is 462 g/mol. The summed E-state index contributed by atoms with van der Waals surface area (Å²) in [4.78, 5) is 21.6. The first-order valence-corrected chi connectivity index (χ1v) is 11.3. The van der Waals surface area contributed by atoms with Gasteiger partial charge in [0, 0.05) is 29.9 Å². The van der Waals surface area contributed by atoms with Gasteiger partial charge in [-0.3, -0.25) is 9.89 Å². The molecule has 3 aromatic heterocycles. The summed E-state index contributed by atoms with van der Waals surface area (Å²) >= 11 is 0. The second kappa shape index (κ2) is 9.91. The first-order chi connectivity index (χ1) is 17.5. The molecule has 0 aliphatic rings. The highest BCUT2D eigenvalue weighted by atomic mass is 19.2. The fraction of sp³-hybridized carbons (Fsp3) is 0.111. The number of H-pyrrole nitrogens is 1. The molecule has 0 radical (unpaired) electrons. The minimum Gasteiger partial charge on any atom is -0.365 e. The number of anilines is 1. The van der Waals surface area contributed by atoms with Gasteiger partial charge < -0.3 is 10.6 Å². The van der Waals surface area contributed by atoms with Crippen molar-refractivity contribution in [2.24, 2.45) is 0 Å². The maximum atomic E-state index is 13.6. The van der Waals surface area contributed by atoms with Gasteiger partial charge in [0.05, 0.1) is 17.8 Å². The molecule has 180 valence electrons. The lowest BCUT2D eigenvalue weighted by Crippen LogP contribution is -2.27. The molecule has 1 atom stereocenters. The van der Waals surface area contributed by atoms with Crippen molar-refractivity contribution >= 4 is 22.8 Å². The molecule has 36 heavy (non-hydrogen) atoms. The Balaban J connectivity index is 1.25. The highest BCUT2D eigenvalue weighted by Crippen LogP contribution is 2.23. The summed E-state index contributed by atoms with van der Waals surface area (Å²) in [5.74, 6) is -1.84. The van der Waals surface area contributed by atoms with Crippen molar-refractivity contribution in [2.75, 3.05) is 5.32 Å². The fourth-order valence-corrected chi connectivity index (χ4v) is 3.86. The first-order valence-electron chi connectivity index (χ1n) is 11.3. The number of aromatic nitrogens is 4. The molecule has 5 rings (SSSR count). The minimum atomic E-state index is -0.957. The Hall–Kier alpha value is -4.66. The maximum Gasteiger partial charge on any atom is 0.255 e. The van der Waals surface area contributed by atoms with E-state index in [4.69, 9.17) is 0 Å². The maximum absolute atomic E-state index is 13.6. The topological polar surface area (TPSA) is 95.6 Å². The van der Waals surface area contributed by atoms with Crippen LogP contribution in [0.3, 0.4) is 0 Å². The molecule has 5 aromatic rings. The lowest BCUT2D eigenvalue weighted by Gasteiger charge is -2.16. The van der Waals surface area contributed by atoms with Crippen LogP contribution in [-0.4, -0.2) is 26.1 Å². The summed E-state index contributed by atoms with van der Waals surface area (Å²) in [5.41, 5.74) is 4.57. The Morgan fingerprint density at radius 1 is 0.972 bits per heavy atom. The van der Waals surface area contributed by atoms with Gasteiger partial charge in [-0.25, -0.2) is 18.7 Å². The number of halogens is 2. The van der Waals surface area contributed by atoms with E-state index in [1.54, 1.807) is 37.6 Å². The summed E-state index contributed by atoms with van der Waals surface area (Å²) in [6.07, 6.45) is 5.14. The Morgan fingerprint density at radius 3 is 2.61 bits per heavy atom. The number of aromatic amines is 1. The summed E-state index contributed by atoms with van der Waals surface area (Å²) in [6, 6.07) is 16.4. The van der Waals surface area contributed by atoms with E-state index in [9.17, 15) is 13.6 Å². The van der Waals surface area contributed by atoms with Crippen LogP contribution in [-0.2, 0) is 6.54 Å². The summed E-state index contributed by atoms with van der Waals surface area (Å²) in [6.45, 7) is 2.16. The predicted octanol–water partition coefficient (Wildman–Crippen LogP) is 5.40. The number of nitrogens with one attached hydrogen (secondary N) is 3. The van der Waals surface area contributed by atoms with Crippen LogP contribution in [0.25, 0.3) is 22.2 Å². The molecule has 0 bridgehead atoms. The van der Waals surface area contributed by atoms with Crippen molar-refractivity contribution in [3.63, 3.8) is 0 Å². The van der Waals surface area contributed by atoms with Gasteiger partial charge in [0.2, 0.25) is 0 Å². The average molecular weight is 485 g/mol. The largest absolute Gasteiger partial charge is 0.365 e. The zero-order valence-electron chi connectivity index (χ0n) is 19.3. The number of carbonyl (C=O) groups excluding carboxylic acids is 1. The SMILES string of the molecule is CC(NC(=O)c1cccnc1NCc1ccc(-c2cnc3[nH]ncc3c2)cc1)c1ccc(F)c(F)c1. The third-order valence-corrected chi connectivity index (χ3v) is 5.88. The molecule has 3 N–H and O–H groups in total. The van der Waals surface area contributed by atoms with Gasteiger partial charge in [-0.2, -0.15) is 5.10 Å². The molecule has 7 nitrogen and oxygen atoms in total. The first kappa shape index (κ1) is 23.1. The van der Waals surface area contributed by atoms with Gasteiger partial charge in [-0.1, -0.05) is 30.3 Å². The molecule has 0 saturated carbocycles. The summed E-state index contributed by atoms with van der Waals surface area (Å²) < 4.78 is 26.8. The zero-order chi connectivity index (χ0) is 25.1. The molecule has 0 aliphatic carbocycles. The highest BCUT2D eigenvalue weighted by Gasteiger charge is 2.17. The van der Waals surface area contributed by atoms with Gasteiger partial charge in [0.1, 0.15) is 5.82 Å².